The summed E-state index contributed by atoms with van der Waals surface area (Å²) in [5.74, 6) is 0. The van der Waals surface area contributed by atoms with Gasteiger partial charge in [-0.15, -0.1) is 0 Å². The maximum absolute atomic E-state index is 5.74. The van der Waals surface area contributed by atoms with E-state index in [1.54, 1.807) is 12.5 Å². The van der Waals surface area contributed by atoms with Crippen molar-refractivity contribution in [1.29, 1.82) is 0 Å². The van der Waals surface area contributed by atoms with Gasteiger partial charge in [-0.2, -0.15) is 4.98 Å². The van der Waals surface area contributed by atoms with Crippen molar-refractivity contribution < 1.29 is 0 Å². The van der Waals surface area contributed by atoms with Crippen LogP contribution in [0.2, 0.25) is 5.28 Å². The second kappa shape index (κ2) is 4.12. The van der Waals surface area contributed by atoms with Crippen LogP contribution in [-0.2, 0) is 6.54 Å². The van der Waals surface area contributed by atoms with Gasteiger partial charge in [-0.05, 0) is 25.7 Å². The van der Waals surface area contributed by atoms with Crippen LogP contribution in [0.3, 0.4) is 0 Å². The molecule has 0 amide bonds. The summed E-state index contributed by atoms with van der Waals surface area (Å²) in [7, 11) is 4.06. The first-order valence-electron chi connectivity index (χ1n) is 4.65. The molecule has 6 heteroatoms. The van der Waals surface area contributed by atoms with Crippen molar-refractivity contribution >= 4 is 22.8 Å². The van der Waals surface area contributed by atoms with Crippen LogP contribution in [0.25, 0.3) is 11.2 Å². The summed E-state index contributed by atoms with van der Waals surface area (Å²) in [6, 6.07) is 0. The van der Waals surface area contributed by atoms with E-state index >= 15 is 0 Å². The normalized spacial score (nSPS) is 11.5. The largest absolute Gasteiger partial charge is 0.314 e. The van der Waals surface area contributed by atoms with E-state index in [9.17, 15) is 0 Å². The summed E-state index contributed by atoms with van der Waals surface area (Å²) in [5, 5.41) is 0.258. The minimum atomic E-state index is 0.258. The average Bonchev–Trinajstić information content (AvgIpc) is 2.57. The van der Waals surface area contributed by atoms with E-state index in [1.165, 1.54) is 0 Å². The van der Waals surface area contributed by atoms with E-state index in [-0.39, 0.29) is 5.28 Å². The molecule has 0 unspecified atom stereocenters. The topological polar surface area (TPSA) is 46.8 Å². The number of imidazole rings is 1. The van der Waals surface area contributed by atoms with Crippen LogP contribution in [-0.4, -0.2) is 45.1 Å². The molecule has 0 aromatic carbocycles. The zero-order chi connectivity index (χ0) is 10.8. The van der Waals surface area contributed by atoms with Crippen molar-refractivity contribution in [1.82, 2.24) is 24.4 Å². The van der Waals surface area contributed by atoms with Gasteiger partial charge in [0.15, 0.2) is 5.65 Å². The predicted molar refractivity (Wildman–Crippen MR) is 58.9 cm³/mol. The molecular formula is C9H12ClN5. The van der Waals surface area contributed by atoms with Crippen molar-refractivity contribution in [2.75, 3.05) is 20.6 Å². The number of fused-ring (bicyclic) bond motifs is 1. The Hall–Kier alpha value is -1.20. The number of halogens is 1. The van der Waals surface area contributed by atoms with Gasteiger partial charge in [-0.3, -0.25) is 0 Å². The predicted octanol–water partition coefficient (Wildman–Crippen LogP) is 1.04. The molecule has 0 N–H and O–H groups in total. The Bertz CT molecular complexity index is 464. The molecule has 2 aromatic rings. The lowest BCUT2D eigenvalue weighted by Gasteiger charge is -2.09. The Labute approximate surface area is 92.7 Å². The maximum Gasteiger partial charge on any atom is 0.224 e. The molecule has 0 aliphatic rings. The highest BCUT2D eigenvalue weighted by Crippen LogP contribution is 2.11. The molecule has 0 bridgehead atoms. The van der Waals surface area contributed by atoms with Crippen LogP contribution in [0, 0.1) is 0 Å². The summed E-state index contributed by atoms with van der Waals surface area (Å²) >= 11 is 5.74. The lowest BCUT2D eigenvalue weighted by atomic mass is 10.5. The van der Waals surface area contributed by atoms with Crippen molar-refractivity contribution in [2.24, 2.45) is 0 Å². The molecule has 0 aliphatic heterocycles. The van der Waals surface area contributed by atoms with Crippen molar-refractivity contribution in [3.8, 4) is 0 Å². The van der Waals surface area contributed by atoms with Crippen molar-refractivity contribution in [3.63, 3.8) is 0 Å². The van der Waals surface area contributed by atoms with Gasteiger partial charge < -0.3 is 9.47 Å². The molecule has 0 saturated carbocycles. The van der Waals surface area contributed by atoms with E-state index in [4.69, 9.17) is 11.6 Å². The van der Waals surface area contributed by atoms with Crippen molar-refractivity contribution in [3.05, 3.63) is 17.8 Å². The number of nitrogens with zero attached hydrogens (tertiary/aromatic N) is 5. The molecule has 0 saturated heterocycles. The molecule has 2 aromatic heterocycles. The minimum Gasteiger partial charge on any atom is -0.314 e. The monoisotopic (exact) mass is 225 g/mol. The van der Waals surface area contributed by atoms with Gasteiger partial charge in [0.05, 0.1) is 12.5 Å². The highest BCUT2D eigenvalue weighted by atomic mass is 35.5. The Morgan fingerprint density at radius 2 is 2.20 bits per heavy atom. The fraction of sp³-hybridized carbons (Fsp3) is 0.444. The zero-order valence-corrected chi connectivity index (χ0v) is 9.44. The second-order valence-electron chi connectivity index (χ2n) is 3.59. The molecule has 80 valence electrons. The fourth-order valence-corrected chi connectivity index (χ4v) is 1.43. The average molecular weight is 226 g/mol. The number of hydrogen-bond donors (Lipinski definition) is 0. The van der Waals surface area contributed by atoms with Gasteiger partial charge in [0.25, 0.3) is 0 Å². The molecule has 2 rings (SSSR count). The summed E-state index contributed by atoms with van der Waals surface area (Å²) in [5.41, 5.74) is 1.56. The smallest absolute Gasteiger partial charge is 0.224 e. The number of likely N-dealkylation sites (N-methyl/N-ethyl adjacent to an activating group) is 1. The maximum atomic E-state index is 5.74. The van der Waals surface area contributed by atoms with Crippen molar-refractivity contribution in [2.45, 2.75) is 6.54 Å². The summed E-state index contributed by atoms with van der Waals surface area (Å²) < 4.78 is 1.98. The molecule has 0 radical (unpaired) electrons. The van der Waals surface area contributed by atoms with Crippen LogP contribution in [0.1, 0.15) is 0 Å². The van der Waals surface area contributed by atoms with E-state index in [1.807, 2.05) is 18.7 Å². The van der Waals surface area contributed by atoms with Gasteiger partial charge in [0, 0.05) is 13.1 Å². The third-order valence-corrected chi connectivity index (χ3v) is 2.30. The Kier molecular flexibility index (Phi) is 2.83. The molecule has 0 aliphatic carbocycles. The van der Waals surface area contributed by atoms with Crippen LogP contribution in [0.4, 0.5) is 0 Å². The number of hydrogen-bond acceptors (Lipinski definition) is 4. The fourth-order valence-electron chi connectivity index (χ4n) is 1.31. The quantitative estimate of drug-likeness (QED) is 0.733. The van der Waals surface area contributed by atoms with Gasteiger partial charge in [-0.25, -0.2) is 9.97 Å². The van der Waals surface area contributed by atoms with Crippen LogP contribution in [0.15, 0.2) is 12.5 Å². The second-order valence-corrected chi connectivity index (χ2v) is 3.93. The number of rotatable bonds is 3. The van der Waals surface area contributed by atoms with Crippen LogP contribution >= 0.6 is 11.6 Å². The van der Waals surface area contributed by atoms with E-state index in [2.05, 4.69) is 19.9 Å². The van der Waals surface area contributed by atoms with E-state index < -0.39 is 0 Å². The Balaban J connectivity index is 2.31. The number of aromatic nitrogens is 4. The summed E-state index contributed by atoms with van der Waals surface area (Å²) in [6.45, 7) is 1.78. The Morgan fingerprint density at radius 3 is 2.93 bits per heavy atom. The van der Waals surface area contributed by atoms with Gasteiger partial charge >= 0.3 is 0 Å². The van der Waals surface area contributed by atoms with E-state index in [0.717, 1.165) is 24.3 Å². The Morgan fingerprint density at radius 1 is 1.40 bits per heavy atom. The SMILES string of the molecule is CN(C)CCn1cnc2cnc(Cl)nc21. The molecule has 0 fully saturated rings. The lowest BCUT2D eigenvalue weighted by molar-refractivity contribution is 0.386. The third-order valence-electron chi connectivity index (χ3n) is 2.12. The van der Waals surface area contributed by atoms with Gasteiger partial charge in [-0.1, -0.05) is 0 Å². The summed E-state index contributed by atoms with van der Waals surface area (Å²) in [4.78, 5) is 14.3. The molecule has 0 spiro atoms. The van der Waals surface area contributed by atoms with Gasteiger partial charge in [0.2, 0.25) is 5.28 Å². The molecular weight excluding hydrogens is 214 g/mol. The third kappa shape index (κ3) is 2.24. The zero-order valence-electron chi connectivity index (χ0n) is 8.68. The minimum absolute atomic E-state index is 0.258. The highest BCUT2D eigenvalue weighted by Gasteiger charge is 2.05. The standard InChI is InChI=1S/C9H12ClN5/c1-14(2)3-4-15-6-12-7-5-11-9(10)13-8(7)15/h5-6H,3-4H2,1-2H3. The van der Waals surface area contributed by atoms with E-state index in [0.29, 0.717) is 0 Å². The molecule has 5 nitrogen and oxygen atoms in total. The summed E-state index contributed by atoms with van der Waals surface area (Å²) in [6.07, 6.45) is 3.40. The first-order chi connectivity index (χ1) is 7.16. The highest BCUT2D eigenvalue weighted by molar-refractivity contribution is 6.28. The molecule has 0 atom stereocenters. The lowest BCUT2D eigenvalue weighted by Crippen LogP contribution is -2.18. The first kappa shape index (κ1) is 10.3. The molecule has 2 heterocycles. The molecule has 15 heavy (non-hydrogen) atoms. The first-order valence-corrected chi connectivity index (χ1v) is 5.03. The van der Waals surface area contributed by atoms with Gasteiger partial charge in [0.1, 0.15) is 5.52 Å². The van der Waals surface area contributed by atoms with Crippen LogP contribution in [0.5, 0.6) is 0 Å². The van der Waals surface area contributed by atoms with Crippen LogP contribution < -0.4 is 0 Å².